The molecule has 1 heterocycles. The molecule has 27 heavy (non-hydrogen) atoms. The van der Waals surface area contributed by atoms with Crippen LogP contribution in [0.15, 0.2) is 59.5 Å². The number of nitrogens with two attached hydrogens (primary N) is 1. The molecule has 3 rings (SSSR count). The Morgan fingerprint density at radius 1 is 1.07 bits per heavy atom. The van der Waals surface area contributed by atoms with E-state index in [0.717, 1.165) is 15.8 Å². The molecule has 0 unspecified atom stereocenters. The minimum atomic E-state index is -0.618. The van der Waals surface area contributed by atoms with E-state index in [4.69, 9.17) is 5.73 Å². The molecule has 0 saturated carbocycles. The molecule has 0 aliphatic rings. The Kier molecular flexibility index (Phi) is 5.07. The van der Waals surface area contributed by atoms with E-state index in [9.17, 15) is 14.4 Å². The average molecular weight is 363 g/mol. The number of carbonyl (C=O) groups excluding carboxylic acids is 2. The summed E-state index contributed by atoms with van der Waals surface area (Å²) in [4.78, 5) is 39.3. The molecule has 1 aromatic heterocycles. The molecule has 0 radical (unpaired) electrons. The van der Waals surface area contributed by atoms with Gasteiger partial charge in [0.05, 0.1) is 11.9 Å². The number of nitrogens with one attached hydrogen (secondary N) is 1. The van der Waals surface area contributed by atoms with Gasteiger partial charge in [0, 0.05) is 16.8 Å². The second kappa shape index (κ2) is 7.61. The van der Waals surface area contributed by atoms with Crippen LogP contribution in [0.3, 0.4) is 0 Å². The first-order valence-corrected chi connectivity index (χ1v) is 8.13. The first-order valence-electron chi connectivity index (χ1n) is 8.13. The highest BCUT2D eigenvalue weighted by Gasteiger charge is 2.09. The molecule has 136 valence electrons. The smallest absolute Gasteiger partial charge is 0.365 e. The number of rotatable bonds is 5. The van der Waals surface area contributed by atoms with Crippen LogP contribution in [-0.4, -0.2) is 26.6 Å². The van der Waals surface area contributed by atoms with Crippen molar-refractivity contribution in [3.05, 3.63) is 76.3 Å². The number of nitrogens with zero attached hydrogens (tertiary/aromatic N) is 3. The average Bonchev–Trinajstić information content (AvgIpc) is 2.64. The molecular formula is C19H17N5O3. The lowest BCUT2D eigenvalue weighted by molar-refractivity contribution is -0.117. The van der Waals surface area contributed by atoms with Crippen LogP contribution < -0.4 is 16.7 Å². The number of anilines is 1. The van der Waals surface area contributed by atoms with Crippen molar-refractivity contribution in [3.63, 3.8) is 0 Å². The Balaban J connectivity index is 1.69. The first kappa shape index (κ1) is 18.0. The monoisotopic (exact) mass is 363 g/mol. The van der Waals surface area contributed by atoms with Gasteiger partial charge in [-0.2, -0.15) is 10.1 Å². The molecule has 0 saturated heterocycles. The largest absolute Gasteiger partial charge is 0.366 e. The van der Waals surface area contributed by atoms with Gasteiger partial charge in [-0.15, -0.1) is 0 Å². The molecule has 0 atom stereocenters. The third kappa shape index (κ3) is 4.43. The lowest BCUT2D eigenvalue weighted by Gasteiger charge is -2.07. The van der Waals surface area contributed by atoms with Gasteiger partial charge >= 0.3 is 5.69 Å². The van der Waals surface area contributed by atoms with Crippen LogP contribution in [0.2, 0.25) is 0 Å². The van der Waals surface area contributed by atoms with Crippen LogP contribution in [0, 0.1) is 6.92 Å². The van der Waals surface area contributed by atoms with Crippen LogP contribution in [0.1, 0.15) is 15.9 Å². The van der Waals surface area contributed by atoms with E-state index in [1.54, 1.807) is 12.1 Å². The zero-order valence-corrected chi connectivity index (χ0v) is 14.5. The Morgan fingerprint density at radius 3 is 2.33 bits per heavy atom. The lowest BCUT2D eigenvalue weighted by Crippen LogP contribution is -2.31. The number of hydrogen-bond donors (Lipinski definition) is 2. The van der Waals surface area contributed by atoms with Gasteiger partial charge in [-0.05, 0) is 31.2 Å². The molecule has 0 aliphatic heterocycles. The number of amides is 2. The number of aryl methyl sites for hydroxylation is 1. The molecule has 2 amide bonds. The van der Waals surface area contributed by atoms with E-state index in [1.165, 1.54) is 18.3 Å². The number of aromatic nitrogens is 3. The topological polar surface area (TPSA) is 120 Å². The van der Waals surface area contributed by atoms with Crippen LogP contribution in [0.25, 0.3) is 11.3 Å². The van der Waals surface area contributed by atoms with E-state index in [0.29, 0.717) is 16.9 Å². The fraction of sp³-hybridized carbons (Fsp3) is 0.105. The molecule has 0 spiro atoms. The van der Waals surface area contributed by atoms with Gasteiger partial charge in [-0.1, -0.05) is 29.8 Å². The Labute approximate surface area is 154 Å². The molecule has 8 nitrogen and oxygen atoms in total. The summed E-state index contributed by atoms with van der Waals surface area (Å²) in [5, 5.41) is 6.63. The van der Waals surface area contributed by atoms with Gasteiger partial charge in [-0.3, -0.25) is 9.59 Å². The highest BCUT2D eigenvalue weighted by molar-refractivity contribution is 5.94. The molecule has 3 N–H and O–H groups in total. The normalized spacial score (nSPS) is 10.4. The highest BCUT2D eigenvalue weighted by atomic mass is 16.2. The van der Waals surface area contributed by atoms with E-state index in [1.807, 2.05) is 31.2 Å². The van der Waals surface area contributed by atoms with Gasteiger partial charge in [0.1, 0.15) is 6.54 Å². The van der Waals surface area contributed by atoms with Crippen LogP contribution >= 0.6 is 0 Å². The zero-order valence-electron chi connectivity index (χ0n) is 14.5. The summed E-state index contributed by atoms with van der Waals surface area (Å²) in [5.41, 5.74) is 7.67. The predicted octanol–water partition coefficient (Wildman–Crippen LogP) is 1.35. The Bertz CT molecular complexity index is 1040. The molecule has 3 aromatic rings. The molecule has 8 heteroatoms. The van der Waals surface area contributed by atoms with E-state index < -0.39 is 17.5 Å². The predicted molar refractivity (Wildman–Crippen MR) is 100 cm³/mol. The lowest BCUT2D eigenvalue weighted by atomic mass is 10.1. The summed E-state index contributed by atoms with van der Waals surface area (Å²) in [6, 6.07) is 13.6. The summed E-state index contributed by atoms with van der Waals surface area (Å²) >= 11 is 0. The number of benzene rings is 2. The molecular weight excluding hydrogens is 346 g/mol. The van der Waals surface area contributed by atoms with Crippen molar-refractivity contribution in [2.24, 2.45) is 5.73 Å². The fourth-order valence-electron chi connectivity index (χ4n) is 2.39. The molecule has 0 fully saturated rings. The number of primary amides is 1. The first-order chi connectivity index (χ1) is 12.9. The standard InChI is InChI=1S/C19H17N5O3/c1-12-2-4-13(5-3-12)16-10-21-24(19(27)23-16)11-17(25)22-15-8-6-14(7-9-15)18(20)26/h2-10H,11H2,1H3,(H2,20,26)(H,22,25). The van der Waals surface area contributed by atoms with E-state index in [-0.39, 0.29) is 6.54 Å². The summed E-state index contributed by atoms with van der Waals surface area (Å²) in [6.07, 6.45) is 1.45. The quantitative estimate of drug-likeness (QED) is 0.709. The van der Waals surface area contributed by atoms with Gasteiger partial charge in [0.25, 0.3) is 0 Å². The van der Waals surface area contributed by atoms with Crippen LogP contribution in [0.4, 0.5) is 5.69 Å². The third-order valence-corrected chi connectivity index (χ3v) is 3.85. The molecule has 0 bridgehead atoms. The number of hydrogen-bond acceptors (Lipinski definition) is 5. The van der Waals surface area contributed by atoms with Crippen molar-refractivity contribution in [2.75, 3.05) is 5.32 Å². The molecule has 2 aromatic carbocycles. The highest BCUT2D eigenvalue weighted by Crippen LogP contribution is 2.14. The second-order valence-electron chi connectivity index (χ2n) is 5.94. The SMILES string of the molecule is Cc1ccc(-c2cnn(CC(=O)Nc3ccc(C(N)=O)cc3)c(=O)n2)cc1. The summed E-state index contributed by atoms with van der Waals surface area (Å²) < 4.78 is 0.977. The maximum Gasteiger partial charge on any atom is 0.365 e. The maximum atomic E-state index is 12.1. The van der Waals surface area contributed by atoms with Crippen molar-refractivity contribution in [2.45, 2.75) is 13.5 Å². The van der Waals surface area contributed by atoms with Crippen LogP contribution in [0.5, 0.6) is 0 Å². The zero-order chi connectivity index (χ0) is 19.4. The number of carbonyl (C=O) groups is 2. The minimum absolute atomic E-state index is 0.280. The van der Waals surface area contributed by atoms with Crippen molar-refractivity contribution >= 4 is 17.5 Å². The van der Waals surface area contributed by atoms with Crippen molar-refractivity contribution in [3.8, 4) is 11.3 Å². The summed E-state index contributed by atoms with van der Waals surface area (Å²) in [5.74, 6) is -0.996. The van der Waals surface area contributed by atoms with Crippen molar-refractivity contribution in [1.29, 1.82) is 0 Å². The summed E-state index contributed by atoms with van der Waals surface area (Å²) in [7, 11) is 0. The van der Waals surface area contributed by atoms with Gasteiger partial charge in [0.15, 0.2) is 0 Å². The Hall–Kier alpha value is -3.81. The maximum absolute atomic E-state index is 12.1. The van der Waals surface area contributed by atoms with E-state index >= 15 is 0 Å². The van der Waals surface area contributed by atoms with Gasteiger partial charge in [-0.25, -0.2) is 9.48 Å². The summed E-state index contributed by atoms with van der Waals surface area (Å²) in [6.45, 7) is 1.69. The fourth-order valence-corrected chi connectivity index (χ4v) is 2.39. The Morgan fingerprint density at radius 2 is 1.74 bits per heavy atom. The minimum Gasteiger partial charge on any atom is -0.366 e. The second-order valence-corrected chi connectivity index (χ2v) is 5.94. The molecule has 0 aliphatic carbocycles. The van der Waals surface area contributed by atoms with Crippen LogP contribution in [-0.2, 0) is 11.3 Å². The van der Waals surface area contributed by atoms with Gasteiger partial charge in [0.2, 0.25) is 11.8 Å². The van der Waals surface area contributed by atoms with E-state index in [2.05, 4.69) is 15.4 Å². The third-order valence-electron chi connectivity index (χ3n) is 3.85. The van der Waals surface area contributed by atoms with Gasteiger partial charge < -0.3 is 11.1 Å². The van der Waals surface area contributed by atoms with Crippen molar-refractivity contribution < 1.29 is 9.59 Å². The van der Waals surface area contributed by atoms with Crippen molar-refractivity contribution in [1.82, 2.24) is 14.8 Å².